The highest BCUT2D eigenvalue weighted by molar-refractivity contribution is 9.10. The average Bonchev–Trinajstić information content (AvgIpc) is 2.61. The second-order valence-corrected chi connectivity index (χ2v) is 6.32. The van der Waals surface area contributed by atoms with Gasteiger partial charge in [0, 0.05) is 16.2 Å². The predicted octanol–water partition coefficient (Wildman–Crippen LogP) is 5.23. The predicted molar refractivity (Wildman–Crippen MR) is 104 cm³/mol. The Morgan fingerprint density at radius 1 is 1.12 bits per heavy atom. The van der Waals surface area contributed by atoms with E-state index in [1.54, 1.807) is 19.3 Å². The highest BCUT2D eigenvalue weighted by Crippen LogP contribution is 2.27. The van der Waals surface area contributed by atoms with Crippen LogP contribution in [0.25, 0.3) is 6.08 Å². The van der Waals surface area contributed by atoms with Gasteiger partial charge >= 0.3 is 0 Å². The van der Waals surface area contributed by atoms with Crippen molar-refractivity contribution in [1.29, 1.82) is 0 Å². The molecule has 0 atom stereocenters. The largest absolute Gasteiger partial charge is 0.497 e. The number of benzene rings is 2. The Bertz CT molecular complexity index is 711. The van der Waals surface area contributed by atoms with Gasteiger partial charge in [-0.25, -0.2) is 0 Å². The second kappa shape index (κ2) is 8.69. The lowest BCUT2D eigenvalue weighted by atomic mass is 10.0. The number of anilines is 1. The fourth-order valence-electron chi connectivity index (χ4n) is 2.50. The van der Waals surface area contributed by atoms with Crippen molar-refractivity contribution in [2.45, 2.75) is 26.7 Å². The van der Waals surface area contributed by atoms with Crippen LogP contribution in [0.3, 0.4) is 0 Å². The number of amides is 1. The standard InChI is InChI=1S/C20H22BrNO2/c1-4-15-12-17(21)13-16(5-2)20(15)22-19(23)11-8-14-6-9-18(24-3)10-7-14/h6-13H,4-5H2,1-3H3,(H,22,23)/b11-8+. The van der Waals surface area contributed by atoms with Crippen molar-refractivity contribution in [3.05, 3.63) is 63.6 Å². The van der Waals surface area contributed by atoms with Gasteiger partial charge in [-0.3, -0.25) is 4.79 Å². The molecule has 0 fully saturated rings. The zero-order chi connectivity index (χ0) is 17.5. The third kappa shape index (κ3) is 4.71. The van der Waals surface area contributed by atoms with E-state index in [9.17, 15) is 4.79 Å². The minimum absolute atomic E-state index is 0.127. The molecule has 0 aliphatic rings. The van der Waals surface area contributed by atoms with Crippen molar-refractivity contribution in [2.75, 3.05) is 12.4 Å². The number of methoxy groups -OCH3 is 1. The molecule has 2 aromatic carbocycles. The zero-order valence-electron chi connectivity index (χ0n) is 14.2. The lowest BCUT2D eigenvalue weighted by Crippen LogP contribution is -2.12. The first-order valence-corrected chi connectivity index (χ1v) is 8.81. The van der Waals surface area contributed by atoms with E-state index in [2.05, 4.69) is 47.2 Å². The van der Waals surface area contributed by atoms with Crippen LogP contribution in [0.4, 0.5) is 5.69 Å². The molecule has 126 valence electrons. The average molecular weight is 388 g/mol. The number of hydrogen-bond acceptors (Lipinski definition) is 2. The van der Waals surface area contributed by atoms with Crippen LogP contribution < -0.4 is 10.1 Å². The van der Waals surface area contributed by atoms with Crippen molar-refractivity contribution in [1.82, 2.24) is 0 Å². The van der Waals surface area contributed by atoms with Gasteiger partial charge in [-0.15, -0.1) is 0 Å². The van der Waals surface area contributed by atoms with E-state index < -0.39 is 0 Å². The molecule has 0 aromatic heterocycles. The number of hydrogen-bond donors (Lipinski definition) is 1. The van der Waals surface area contributed by atoms with Crippen molar-refractivity contribution in [3.8, 4) is 5.75 Å². The van der Waals surface area contributed by atoms with Gasteiger partial charge in [0.2, 0.25) is 5.91 Å². The third-order valence-corrected chi connectivity index (χ3v) is 4.28. The first-order valence-electron chi connectivity index (χ1n) is 8.01. The maximum atomic E-state index is 12.3. The molecular formula is C20H22BrNO2. The molecule has 0 aliphatic carbocycles. The summed E-state index contributed by atoms with van der Waals surface area (Å²) in [5, 5.41) is 3.03. The Hall–Kier alpha value is -2.07. The molecule has 2 rings (SSSR count). The van der Waals surface area contributed by atoms with Gasteiger partial charge in [0.15, 0.2) is 0 Å². The third-order valence-electron chi connectivity index (χ3n) is 3.82. The first kappa shape index (κ1) is 18.3. The first-order chi connectivity index (χ1) is 11.6. The molecular weight excluding hydrogens is 366 g/mol. The summed E-state index contributed by atoms with van der Waals surface area (Å²) in [5.74, 6) is 0.671. The van der Waals surface area contributed by atoms with E-state index in [1.807, 2.05) is 24.3 Å². The number of halogens is 1. The molecule has 0 saturated carbocycles. The van der Waals surface area contributed by atoms with E-state index in [0.29, 0.717) is 0 Å². The van der Waals surface area contributed by atoms with Gasteiger partial charge in [-0.05, 0) is 59.9 Å². The Morgan fingerprint density at radius 3 is 2.21 bits per heavy atom. The molecule has 1 N–H and O–H groups in total. The summed E-state index contributed by atoms with van der Waals surface area (Å²) in [6.45, 7) is 4.17. The normalized spacial score (nSPS) is 10.8. The quantitative estimate of drug-likeness (QED) is 0.688. The second-order valence-electron chi connectivity index (χ2n) is 5.40. The number of rotatable bonds is 6. The molecule has 0 saturated heterocycles. The van der Waals surface area contributed by atoms with Crippen molar-refractivity contribution in [3.63, 3.8) is 0 Å². The van der Waals surface area contributed by atoms with Gasteiger partial charge in [0.05, 0.1) is 7.11 Å². The molecule has 0 radical (unpaired) electrons. The number of ether oxygens (including phenoxy) is 1. The molecule has 0 bridgehead atoms. The topological polar surface area (TPSA) is 38.3 Å². The molecule has 0 unspecified atom stereocenters. The number of aryl methyl sites for hydroxylation is 2. The van der Waals surface area contributed by atoms with Crippen LogP contribution in [0.5, 0.6) is 5.75 Å². The molecule has 0 aliphatic heterocycles. The summed E-state index contributed by atoms with van der Waals surface area (Å²) >= 11 is 3.53. The lowest BCUT2D eigenvalue weighted by Gasteiger charge is -2.14. The summed E-state index contributed by atoms with van der Waals surface area (Å²) < 4.78 is 6.17. The van der Waals surface area contributed by atoms with E-state index in [0.717, 1.165) is 45.4 Å². The van der Waals surface area contributed by atoms with Crippen LogP contribution in [-0.4, -0.2) is 13.0 Å². The van der Waals surface area contributed by atoms with Gasteiger partial charge in [-0.1, -0.05) is 41.9 Å². The minimum atomic E-state index is -0.127. The van der Waals surface area contributed by atoms with Gasteiger partial charge in [-0.2, -0.15) is 0 Å². The van der Waals surface area contributed by atoms with Crippen molar-refractivity contribution < 1.29 is 9.53 Å². The van der Waals surface area contributed by atoms with Crippen LogP contribution in [0.15, 0.2) is 46.9 Å². The number of carbonyl (C=O) groups is 1. The van der Waals surface area contributed by atoms with Crippen molar-refractivity contribution in [2.24, 2.45) is 0 Å². The SMILES string of the molecule is CCc1cc(Br)cc(CC)c1NC(=O)/C=C/c1ccc(OC)cc1. The molecule has 4 heteroatoms. The summed E-state index contributed by atoms with van der Waals surface area (Å²) in [6.07, 6.45) is 5.09. The maximum Gasteiger partial charge on any atom is 0.248 e. The highest BCUT2D eigenvalue weighted by atomic mass is 79.9. The van der Waals surface area contributed by atoms with E-state index in [4.69, 9.17) is 4.74 Å². The molecule has 2 aromatic rings. The molecule has 24 heavy (non-hydrogen) atoms. The molecule has 0 spiro atoms. The Balaban J connectivity index is 2.15. The van der Waals surface area contributed by atoms with Crippen molar-refractivity contribution >= 4 is 33.6 Å². The minimum Gasteiger partial charge on any atom is -0.497 e. The van der Waals surface area contributed by atoms with Gasteiger partial charge < -0.3 is 10.1 Å². The van der Waals surface area contributed by atoms with Crippen LogP contribution in [0, 0.1) is 0 Å². The maximum absolute atomic E-state index is 12.3. The van der Waals surface area contributed by atoms with Crippen LogP contribution in [0.2, 0.25) is 0 Å². The van der Waals surface area contributed by atoms with E-state index in [-0.39, 0.29) is 5.91 Å². The number of carbonyl (C=O) groups excluding carboxylic acids is 1. The lowest BCUT2D eigenvalue weighted by molar-refractivity contribution is -0.111. The fourth-order valence-corrected chi connectivity index (χ4v) is 3.05. The Labute approximate surface area is 151 Å². The van der Waals surface area contributed by atoms with Crippen LogP contribution >= 0.6 is 15.9 Å². The fraction of sp³-hybridized carbons (Fsp3) is 0.250. The summed E-state index contributed by atoms with van der Waals surface area (Å²) in [7, 11) is 1.63. The van der Waals surface area contributed by atoms with Gasteiger partial charge in [0.1, 0.15) is 5.75 Å². The summed E-state index contributed by atoms with van der Waals surface area (Å²) in [5.41, 5.74) is 4.14. The highest BCUT2D eigenvalue weighted by Gasteiger charge is 2.10. The molecule has 3 nitrogen and oxygen atoms in total. The molecule has 0 heterocycles. The Morgan fingerprint density at radius 2 is 1.71 bits per heavy atom. The number of nitrogens with one attached hydrogen (secondary N) is 1. The molecule has 1 amide bonds. The summed E-state index contributed by atoms with van der Waals surface area (Å²) in [6, 6.07) is 11.7. The smallest absolute Gasteiger partial charge is 0.248 e. The summed E-state index contributed by atoms with van der Waals surface area (Å²) in [4.78, 5) is 12.3. The Kier molecular flexibility index (Phi) is 6.62. The monoisotopic (exact) mass is 387 g/mol. The van der Waals surface area contributed by atoms with Crippen LogP contribution in [-0.2, 0) is 17.6 Å². The van der Waals surface area contributed by atoms with Gasteiger partial charge in [0.25, 0.3) is 0 Å². The van der Waals surface area contributed by atoms with E-state index >= 15 is 0 Å². The van der Waals surface area contributed by atoms with E-state index in [1.165, 1.54) is 0 Å². The zero-order valence-corrected chi connectivity index (χ0v) is 15.8. The van der Waals surface area contributed by atoms with Crippen LogP contribution in [0.1, 0.15) is 30.5 Å².